The second kappa shape index (κ2) is 7.23. The molecule has 1 N–H and O–H groups in total. The number of benzene rings is 1. The molecule has 1 saturated heterocycles. The fraction of sp³-hybridized carbons (Fsp3) is 0.400. The van der Waals surface area contributed by atoms with Crippen LogP contribution in [0.3, 0.4) is 0 Å². The number of rotatable bonds is 3. The highest BCUT2D eigenvalue weighted by Gasteiger charge is 2.33. The summed E-state index contributed by atoms with van der Waals surface area (Å²) in [5.74, 6) is 0.133. The maximum atomic E-state index is 12.9. The molecule has 1 fully saturated rings. The number of amides is 1. The molecule has 2 atom stereocenters. The second-order valence-electron chi connectivity index (χ2n) is 6.94. The van der Waals surface area contributed by atoms with Crippen LogP contribution in [0.1, 0.15) is 41.7 Å². The number of carbonyl (C=O) groups is 1. The lowest BCUT2D eigenvalue weighted by Crippen LogP contribution is -2.49. The van der Waals surface area contributed by atoms with Crippen LogP contribution < -0.4 is 5.43 Å². The first-order chi connectivity index (χ1) is 11.9. The first kappa shape index (κ1) is 17.4. The Morgan fingerprint density at radius 1 is 1.20 bits per heavy atom. The van der Waals surface area contributed by atoms with E-state index in [1.165, 1.54) is 12.1 Å². The minimum absolute atomic E-state index is 0.0422. The van der Waals surface area contributed by atoms with E-state index in [1.54, 1.807) is 11.8 Å². The van der Waals surface area contributed by atoms with E-state index in [9.17, 15) is 9.59 Å². The second-order valence-corrected chi connectivity index (χ2v) is 6.94. The van der Waals surface area contributed by atoms with E-state index in [0.29, 0.717) is 30.4 Å². The predicted molar refractivity (Wildman–Crippen MR) is 96.6 cm³/mol. The minimum Gasteiger partial charge on any atom is -0.366 e. The van der Waals surface area contributed by atoms with Gasteiger partial charge in [0, 0.05) is 24.4 Å². The molecule has 2 aromatic rings. The van der Waals surface area contributed by atoms with Crippen molar-refractivity contribution in [3.05, 3.63) is 69.6 Å². The van der Waals surface area contributed by atoms with Gasteiger partial charge in [-0.2, -0.15) is 0 Å². The van der Waals surface area contributed by atoms with Crippen LogP contribution in [0.2, 0.25) is 0 Å². The first-order valence-electron chi connectivity index (χ1n) is 8.64. The molecule has 25 heavy (non-hydrogen) atoms. The van der Waals surface area contributed by atoms with E-state index >= 15 is 0 Å². The van der Waals surface area contributed by atoms with Crippen LogP contribution in [0, 0.1) is 12.8 Å². The average molecular weight is 340 g/mol. The monoisotopic (exact) mass is 340 g/mol. The molecule has 1 amide bonds. The number of hydrogen-bond acceptors (Lipinski definition) is 3. The Hall–Kier alpha value is -2.40. The molecule has 1 aliphatic heterocycles. The molecule has 1 aromatic heterocycles. The van der Waals surface area contributed by atoms with Gasteiger partial charge in [0.15, 0.2) is 5.43 Å². The lowest BCUT2D eigenvalue weighted by atomic mass is 10.0. The molecule has 2 heterocycles. The van der Waals surface area contributed by atoms with Crippen LogP contribution in [0.4, 0.5) is 0 Å². The van der Waals surface area contributed by atoms with Crippen LogP contribution in [0.5, 0.6) is 0 Å². The van der Waals surface area contributed by atoms with Crippen LogP contribution in [0.25, 0.3) is 0 Å². The Labute approximate surface area is 147 Å². The molecule has 5 heteroatoms. The lowest BCUT2D eigenvalue weighted by molar-refractivity contribution is -0.0955. The molecule has 0 aliphatic carbocycles. The van der Waals surface area contributed by atoms with Crippen molar-refractivity contribution in [1.29, 1.82) is 0 Å². The van der Waals surface area contributed by atoms with Crippen molar-refractivity contribution in [2.45, 2.75) is 33.0 Å². The Kier molecular flexibility index (Phi) is 5.04. The normalized spacial score (nSPS) is 20.7. The van der Waals surface area contributed by atoms with E-state index in [-0.39, 0.29) is 23.5 Å². The molecule has 132 valence electrons. The summed E-state index contributed by atoms with van der Waals surface area (Å²) in [6.45, 7) is 6.96. The molecule has 0 spiro atoms. The zero-order chi connectivity index (χ0) is 18.0. The summed E-state index contributed by atoms with van der Waals surface area (Å²) in [7, 11) is 0. The van der Waals surface area contributed by atoms with Gasteiger partial charge in [0.2, 0.25) is 0 Å². The van der Waals surface area contributed by atoms with Gasteiger partial charge in [-0.05, 0) is 18.4 Å². The quantitative estimate of drug-likeness (QED) is 0.934. The fourth-order valence-electron chi connectivity index (χ4n) is 3.14. The molecule has 3 rings (SSSR count). The number of hydrogen-bond donors (Lipinski definition) is 1. The standard InChI is InChI=1S/C20H24N2O3/c1-13(2)18-11-22(12-19(25-18)15-7-5-4-6-8-15)20(24)17-10-16(23)9-14(3)21-17/h4-10,13,18-19H,11-12H2,1-3H3,(H,21,23)/t18-,19+/m1/s1. The summed E-state index contributed by atoms with van der Waals surface area (Å²) in [5.41, 5.74) is 1.92. The maximum Gasteiger partial charge on any atom is 0.270 e. The van der Waals surface area contributed by atoms with Crippen LogP contribution in [0.15, 0.2) is 47.3 Å². The molecular weight excluding hydrogens is 316 g/mol. The van der Waals surface area contributed by atoms with Gasteiger partial charge in [0.25, 0.3) is 5.91 Å². The predicted octanol–water partition coefficient (Wildman–Crippen LogP) is 2.92. The topological polar surface area (TPSA) is 62.4 Å². The van der Waals surface area contributed by atoms with Gasteiger partial charge in [0.1, 0.15) is 11.8 Å². The van der Waals surface area contributed by atoms with E-state index in [4.69, 9.17) is 4.74 Å². The van der Waals surface area contributed by atoms with Gasteiger partial charge in [-0.1, -0.05) is 44.2 Å². The zero-order valence-corrected chi connectivity index (χ0v) is 14.9. The zero-order valence-electron chi connectivity index (χ0n) is 14.9. The Morgan fingerprint density at radius 3 is 2.56 bits per heavy atom. The number of nitrogens with zero attached hydrogens (tertiary/aromatic N) is 1. The van der Waals surface area contributed by atoms with Crippen molar-refractivity contribution in [1.82, 2.24) is 9.88 Å². The van der Waals surface area contributed by atoms with Gasteiger partial charge >= 0.3 is 0 Å². The summed E-state index contributed by atoms with van der Waals surface area (Å²) in [6, 6.07) is 12.8. The summed E-state index contributed by atoms with van der Waals surface area (Å²) in [6.07, 6.45) is -0.206. The van der Waals surface area contributed by atoms with Crippen molar-refractivity contribution in [2.75, 3.05) is 13.1 Å². The van der Waals surface area contributed by atoms with Crippen molar-refractivity contribution < 1.29 is 9.53 Å². The summed E-state index contributed by atoms with van der Waals surface area (Å²) >= 11 is 0. The number of morpholine rings is 1. The maximum absolute atomic E-state index is 12.9. The van der Waals surface area contributed by atoms with Gasteiger partial charge in [-0.25, -0.2) is 0 Å². The first-order valence-corrected chi connectivity index (χ1v) is 8.64. The third-order valence-electron chi connectivity index (χ3n) is 4.54. The SMILES string of the molecule is Cc1cc(=O)cc(C(=O)N2C[C@@H](c3ccccc3)O[C@@H](C(C)C)C2)[nH]1. The number of H-pyrrole nitrogens is 1. The van der Waals surface area contributed by atoms with E-state index in [2.05, 4.69) is 18.8 Å². The van der Waals surface area contributed by atoms with Crippen LogP contribution >= 0.6 is 0 Å². The molecule has 0 radical (unpaired) electrons. The Bertz CT molecular complexity index is 798. The largest absolute Gasteiger partial charge is 0.366 e. The molecule has 0 unspecified atom stereocenters. The van der Waals surface area contributed by atoms with Gasteiger partial charge < -0.3 is 14.6 Å². The van der Waals surface area contributed by atoms with E-state index in [0.717, 1.165) is 5.56 Å². The third-order valence-corrected chi connectivity index (χ3v) is 4.54. The average Bonchev–Trinajstić information content (AvgIpc) is 2.60. The molecule has 0 saturated carbocycles. The Balaban J connectivity index is 1.88. The molecule has 1 aliphatic rings. The highest BCUT2D eigenvalue weighted by Crippen LogP contribution is 2.28. The Morgan fingerprint density at radius 2 is 1.92 bits per heavy atom. The van der Waals surface area contributed by atoms with Crippen LogP contribution in [-0.2, 0) is 4.74 Å². The van der Waals surface area contributed by atoms with Gasteiger partial charge in [-0.3, -0.25) is 9.59 Å². The number of aromatic amines is 1. The van der Waals surface area contributed by atoms with Gasteiger partial charge in [0.05, 0.1) is 12.6 Å². The van der Waals surface area contributed by atoms with Crippen molar-refractivity contribution in [3.63, 3.8) is 0 Å². The molecule has 0 bridgehead atoms. The number of carbonyl (C=O) groups excluding carboxylic acids is 1. The smallest absolute Gasteiger partial charge is 0.270 e. The highest BCUT2D eigenvalue weighted by atomic mass is 16.5. The summed E-state index contributed by atoms with van der Waals surface area (Å²) in [4.78, 5) is 29.5. The molecule has 1 aromatic carbocycles. The fourth-order valence-corrected chi connectivity index (χ4v) is 3.14. The minimum atomic E-state index is -0.164. The van der Waals surface area contributed by atoms with Crippen molar-refractivity contribution in [3.8, 4) is 0 Å². The number of aromatic nitrogens is 1. The van der Waals surface area contributed by atoms with E-state index in [1.807, 2.05) is 30.3 Å². The molecular formula is C20H24N2O3. The number of pyridine rings is 1. The van der Waals surface area contributed by atoms with Crippen LogP contribution in [-0.4, -0.2) is 35.0 Å². The third kappa shape index (κ3) is 3.99. The molecule has 5 nitrogen and oxygen atoms in total. The number of ether oxygens (including phenoxy) is 1. The number of nitrogens with one attached hydrogen (secondary N) is 1. The van der Waals surface area contributed by atoms with Crippen molar-refractivity contribution >= 4 is 5.91 Å². The lowest BCUT2D eigenvalue weighted by Gasteiger charge is -2.40. The summed E-state index contributed by atoms with van der Waals surface area (Å²) in [5, 5.41) is 0. The van der Waals surface area contributed by atoms with Gasteiger partial charge in [-0.15, -0.1) is 0 Å². The van der Waals surface area contributed by atoms with E-state index < -0.39 is 0 Å². The van der Waals surface area contributed by atoms with Crippen molar-refractivity contribution in [2.24, 2.45) is 5.92 Å². The number of aryl methyl sites for hydroxylation is 1. The highest BCUT2D eigenvalue weighted by molar-refractivity contribution is 5.92. The summed E-state index contributed by atoms with van der Waals surface area (Å²) < 4.78 is 6.23.